The number of amides is 1. The number of allylic oxidation sites excluding steroid dienone is 21. The van der Waals surface area contributed by atoms with Crippen molar-refractivity contribution in [1.82, 2.24) is 5.32 Å². The van der Waals surface area contributed by atoms with E-state index in [0.717, 1.165) is 103 Å². The van der Waals surface area contributed by atoms with Crippen LogP contribution in [-0.4, -0.2) is 74.3 Å². The molecule has 81 heavy (non-hydrogen) atoms. The van der Waals surface area contributed by atoms with E-state index in [1.165, 1.54) is 103 Å². The number of ether oxygens (including phenoxy) is 1. The molecule has 0 radical (unpaired) electrons. The summed E-state index contributed by atoms with van der Waals surface area (Å²) in [7, 11) is 1.43. The molecule has 462 valence electrons. The fourth-order valence-corrected chi connectivity index (χ4v) is 9.33. The zero-order valence-corrected chi connectivity index (χ0v) is 53.6. The summed E-state index contributed by atoms with van der Waals surface area (Å²) in [6, 6.07) is -0.904. The summed E-state index contributed by atoms with van der Waals surface area (Å²) in [6.45, 7) is 6.79. The second kappa shape index (κ2) is 59.3. The van der Waals surface area contributed by atoms with E-state index in [0.29, 0.717) is 23.9 Å². The van der Waals surface area contributed by atoms with E-state index >= 15 is 0 Å². The van der Waals surface area contributed by atoms with E-state index in [4.69, 9.17) is 13.8 Å². The van der Waals surface area contributed by atoms with Crippen molar-refractivity contribution in [1.29, 1.82) is 0 Å². The number of likely N-dealkylation sites (N-methyl/N-ethyl adjacent to an activating group) is 1. The zero-order chi connectivity index (χ0) is 59.3. The normalized spacial score (nSPS) is 14.5. The molecule has 3 unspecified atom stereocenters. The number of unbranched alkanes of at least 4 members (excludes halogenated alkanes) is 21. The lowest BCUT2D eigenvalue weighted by Gasteiger charge is -2.27. The number of rotatable bonds is 57. The average molecular weight is 1150 g/mol. The van der Waals surface area contributed by atoms with Gasteiger partial charge >= 0.3 is 13.8 Å². The van der Waals surface area contributed by atoms with Gasteiger partial charge in [0.2, 0.25) is 5.91 Å². The first kappa shape index (κ1) is 77.2. The molecule has 0 fully saturated rings. The number of nitrogens with one attached hydrogen (secondary N) is 1. The Bertz CT molecular complexity index is 1850. The van der Waals surface area contributed by atoms with E-state index in [2.05, 4.69) is 142 Å². The van der Waals surface area contributed by atoms with Crippen LogP contribution in [0.25, 0.3) is 0 Å². The average Bonchev–Trinajstić information content (AvgIpc) is 3.44. The van der Waals surface area contributed by atoms with Crippen LogP contribution in [0.15, 0.2) is 134 Å². The van der Waals surface area contributed by atoms with Crippen molar-refractivity contribution >= 4 is 19.7 Å². The van der Waals surface area contributed by atoms with Gasteiger partial charge < -0.3 is 19.4 Å². The molecule has 3 atom stereocenters. The van der Waals surface area contributed by atoms with Gasteiger partial charge in [-0.05, 0) is 115 Å². The highest BCUT2D eigenvalue weighted by molar-refractivity contribution is 7.47. The maximum Gasteiger partial charge on any atom is 0.472 e. The second-order valence-electron chi connectivity index (χ2n) is 22.5. The first-order chi connectivity index (χ1) is 39.4. The number of hydrogen-bond acceptors (Lipinski definition) is 6. The van der Waals surface area contributed by atoms with Crippen LogP contribution in [0, 0.1) is 0 Å². The van der Waals surface area contributed by atoms with Crippen LogP contribution in [0.3, 0.4) is 0 Å². The lowest BCUT2D eigenvalue weighted by atomic mass is 10.0. The van der Waals surface area contributed by atoms with E-state index < -0.39 is 20.0 Å². The summed E-state index contributed by atoms with van der Waals surface area (Å²) in [6.07, 6.45) is 84.7. The van der Waals surface area contributed by atoms with Crippen molar-refractivity contribution in [3.8, 4) is 0 Å². The Morgan fingerprint density at radius 3 is 1.23 bits per heavy atom. The Balaban J connectivity index is 5.37. The number of quaternary nitrogens is 1. The topological polar surface area (TPSA) is 111 Å². The highest BCUT2D eigenvalue weighted by atomic mass is 31.2. The predicted molar refractivity (Wildman–Crippen MR) is 350 cm³/mol. The van der Waals surface area contributed by atoms with E-state index in [1.54, 1.807) is 0 Å². The molecular weight excluding hydrogens is 1020 g/mol. The summed E-state index contributed by atoms with van der Waals surface area (Å²) < 4.78 is 30.7. The maximum absolute atomic E-state index is 13.5. The van der Waals surface area contributed by atoms with Gasteiger partial charge in [0.1, 0.15) is 19.3 Å². The molecule has 0 aromatic rings. The molecule has 0 bridgehead atoms. The number of phosphoric acid groups is 1. The van der Waals surface area contributed by atoms with E-state index in [-0.39, 0.29) is 37.9 Å². The fourth-order valence-electron chi connectivity index (χ4n) is 8.59. The summed E-state index contributed by atoms with van der Waals surface area (Å²) >= 11 is 0. The highest BCUT2D eigenvalue weighted by Crippen LogP contribution is 2.43. The molecule has 1 amide bonds. The third-order valence-electron chi connectivity index (χ3n) is 13.6. The van der Waals surface area contributed by atoms with Crippen molar-refractivity contribution < 1.29 is 37.3 Å². The molecule has 0 saturated heterocycles. The summed E-state index contributed by atoms with van der Waals surface area (Å²) in [5, 5.41) is 3.00. The van der Waals surface area contributed by atoms with Gasteiger partial charge in [-0.25, -0.2) is 4.57 Å². The van der Waals surface area contributed by atoms with Gasteiger partial charge in [0.25, 0.3) is 0 Å². The molecular formula is C71H122N2O7P+. The smallest absolute Gasteiger partial charge is 0.456 e. The summed E-state index contributed by atoms with van der Waals surface area (Å²) in [5.74, 6) is -0.622. The van der Waals surface area contributed by atoms with Crippen molar-refractivity contribution in [2.24, 2.45) is 0 Å². The third-order valence-corrected chi connectivity index (χ3v) is 14.6. The number of nitrogens with zero attached hydrogens (tertiary/aromatic N) is 1. The molecule has 0 rings (SSSR count). The lowest BCUT2D eigenvalue weighted by molar-refractivity contribution is -0.870. The van der Waals surface area contributed by atoms with Crippen molar-refractivity contribution in [3.63, 3.8) is 0 Å². The standard InChI is InChI=1S/C71H121N2O7P/c1-7-10-13-16-19-22-25-28-30-32-34-35-36-37-39-41-43-46-49-52-55-58-61-64-71(75)80-69(62-59-56-53-50-47-44-27-24-21-18-15-12-9-3)68(67-79-81(76,77)78-66-65-73(4,5)6)72-70(74)63-60-57-54-51-48-45-42-40-38-33-31-29-26-23-20-17-14-11-8-2/h11,14,19-20,22-23,28-31,34-35,37-40,45,48,54,57,59,62,68-69H,7-10,12-13,15-18,21,24-27,32-33,36,41-44,46-47,49-53,55-56,58,60-61,63-67H2,1-6H3,(H-,72,74,76,77)/p+1/b14-11-,22-19-,23-20-,30-28-,31-29-,35-34-,39-37-,40-38-,48-45-,57-54-,62-59+. The first-order valence-electron chi connectivity index (χ1n) is 32.5. The van der Waals surface area contributed by atoms with Crippen molar-refractivity contribution in [3.05, 3.63) is 134 Å². The minimum absolute atomic E-state index is 0.0175. The van der Waals surface area contributed by atoms with E-state index in [9.17, 15) is 19.0 Å². The monoisotopic (exact) mass is 1150 g/mol. The molecule has 9 nitrogen and oxygen atoms in total. The van der Waals surface area contributed by atoms with Gasteiger partial charge in [-0.2, -0.15) is 0 Å². The van der Waals surface area contributed by atoms with Crippen LogP contribution in [0.2, 0.25) is 0 Å². The molecule has 0 aliphatic carbocycles. The van der Waals surface area contributed by atoms with Gasteiger partial charge in [-0.3, -0.25) is 18.6 Å². The molecule has 10 heteroatoms. The first-order valence-corrected chi connectivity index (χ1v) is 34.0. The Labute approximate surface area is 498 Å². The minimum atomic E-state index is -4.48. The Hall–Kier alpha value is -3.85. The molecule has 2 N–H and O–H groups in total. The Kier molecular flexibility index (Phi) is 56.5. The molecule has 0 saturated carbocycles. The number of hydrogen-bond donors (Lipinski definition) is 2. The van der Waals surface area contributed by atoms with Crippen LogP contribution in [-0.2, 0) is 27.9 Å². The number of carbonyl (C=O) groups excluding carboxylic acids is 2. The van der Waals surface area contributed by atoms with Crippen molar-refractivity contribution in [2.45, 2.75) is 264 Å². The third kappa shape index (κ3) is 60.6. The van der Waals surface area contributed by atoms with Gasteiger partial charge in [-0.1, -0.05) is 258 Å². The lowest BCUT2D eigenvalue weighted by Crippen LogP contribution is -2.47. The largest absolute Gasteiger partial charge is 0.472 e. The van der Waals surface area contributed by atoms with Crippen molar-refractivity contribution in [2.75, 3.05) is 40.9 Å². The Morgan fingerprint density at radius 1 is 0.444 bits per heavy atom. The highest BCUT2D eigenvalue weighted by Gasteiger charge is 2.30. The van der Waals surface area contributed by atoms with Gasteiger partial charge in [0, 0.05) is 12.8 Å². The van der Waals surface area contributed by atoms with Crippen LogP contribution >= 0.6 is 7.82 Å². The summed E-state index contributed by atoms with van der Waals surface area (Å²) in [4.78, 5) is 37.8. The van der Waals surface area contributed by atoms with Crippen LogP contribution in [0.1, 0.15) is 252 Å². The molecule has 0 heterocycles. The van der Waals surface area contributed by atoms with Crippen LogP contribution < -0.4 is 5.32 Å². The number of esters is 1. The summed E-state index contributed by atoms with van der Waals surface area (Å²) in [5.41, 5.74) is 0. The molecule has 0 aliphatic heterocycles. The van der Waals surface area contributed by atoms with Crippen LogP contribution in [0.5, 0.6) is 0 Å². The van der Waals surface area contributed by atoms with Gasteiger partial charge in [0.15, 0.2) is 0 Å². The number of phosphoric ester groups is 1. The fraction of sp³-hybridized carbons (Fsp3) is 0.662. The molecule has 0 aromatic heterocycles. The number of carbonyl (C=O) groups is 2. The SMILES string of the molecule is CC/C=C\C/C=C\C/C=C\C/C=C\C/C=C\C/C=C\CCC(=O)NC(COP(=O)(O)OCC[N+](C)(C)C)C(/C=C/CCCCCCCCCCCCC)OC(=O)CCCCCCCCC/C=C\C/C=C\C/C=C\C/C=C\CCCCC. The van der Waals surface area contributed by atoms with Gasteiger partial charge in [-0.15, -0.1) is 0 Å². The maximum atomic E-state index is 13.5. The van der Waals surface area contributed by atoms with Crippen LogP contribution in [0.4, 0.5) is 0 Å². The predicted octanol–water partition coefficient (Wildman–Crippen LogP) is 20.4. The Morgan fingerprint density at radius 2 is 0.802 bits per heavy atom. The molecule has 0 aliphatic rings. The zero-order valence-electron chi connectivity index (χ0n) is 52.7. The quantitative estimate of drug-likeness (QED) is 0.0205. The second-order valence-corrected chi connectivity index (χ2v) is 24.0. The minimum Gasteiger partial charge on any atom is -0.456 e. The molecule has 0 aromatic carbocycles. The van der Waals surface area contributed by atoms with E-state index in [1.807, 2.05) is 39.4 Å². The van der Waals surface area contributed by atoms with Gasteiger partial charge in [0.05, 0.1) is 33.8 Å². The molecule has 0 spiro atoms.